The fourth-order valence-corrected chi connectivity index (χ4v) is 2.78. The predicted octanol–water partition coefficient (Wildman–Crippen LogP) is -2.48. The van der Waals surface area contributed by atoms with Gasteiger partial charge >= 0.3 is 5.97 Å². The average Bonchev–Trinajstić information content (AvgIpc) is 3.22. The van der Waals surface area contributed by atoms with Crippen molar-refractivity contribution in [1.29, 1.82) is 0 Å². The number of nitrogens with one attached hydrogen (secondary N) is 3. The fraction of sp³-hybridized carbons (Fsp3) is 0.611. The van der Waals surface area contributed by atoms with E-state index >= 15 is 0 Å². The number of nitrogens with two attached hydrogens (primary N) is 4. The summed E-state index contributed by atoms with van der Waals surface area (Å²) in [5, 5.41) is 14.5. The van der Waals surface area contributed by atoms with E-state index in [-0.39, 0.29) is 12.4 Å². The lowest BCUT2D eigenvalue weighted by Gasteiger charge is -2.23. The Morgan fingerprint density at radius 1 is 1.10 bits per heavy atom. The number of aromatic amines is 1. The number of nitrogens with zero attached hydrogens (tertiary/aromatic N) is 2. The van der Waals surface area contributed by atoms with Gasteiger partial charge in [0.05, 0.1) is 12.4 Å². The SMILES string of the molecule is NCCCCC(NC(=O)C(N)CCCN=C(N)N)C(=O)NC(Cc1cnc[nH]1)C(=O)O. The maximum absolute atomic E-state index is 12.7. The average molecular weight is 440 g/mol. The number of aliphatic carboxylic acids is 1. The molecule has 12 N–H and O–H groups in total. The van der Waals surface area contributed by atoms with Gasteiger partial charge < -0.3 is 43.7 Å². The van der Waals surface area contributed by atoms with Crippen LogP contribution in [0.2, 0.25) is 0 Å². The van der Waals surface area contributed by atoms with Crippen LogP contribution in [0.1, 0.15) is 37.8 Å². The number of H-pyrrole nitrogens is 1. The molecule has 0 aliphatic heterocycles. The zero-order valence-corrected chi connectivity index (χ0v) is 17.4. The van der Waals surface area contributed by atoms with Gasteiger partial charge in [-0.25, -0.2) is 9.78 Å². The number of amides is 2. The lowest BCUT2D eigenvalue weighted by atomic mass is 10.1. The summed E-state index contributed by atoms with van der Waals surface area (Å²) in [5.41, 5.74) is 22.4. The van der Waals surface area contributed by atoms with Gasteiger partial charge in [0, 0.05) is 24.9 Å². The van der Waals surface area contributed by atoms with E-state index in [4.69, 9.17) is 22.9 Å². The van der Waals surface area contributed by atoms with E-state index in [1.807, 2.05) is 0 Å². The Morgan fingerprint density at radius 2 is 1.81 bits per heavy atom. The second-order valence-electron chi connectivity index (χ2n) is 7.08. The molecule has 31 heavy (non-hydrogen) atoms. The molecule has 0 spiro atoms. The fourth-order valence-electron chi connectivity index (χ4n) is 2.78. The predicted molar refractivity (Wildman–Crippen MR) is 115 cm³/mol. The molecule has 0 aromatic carbocycles. The van der Waals surface area contributed by atoms with Crippen LogP contribution in [0.25, 0.3) is 0 Å². The number of carbonyl (C=O) groups is 3. The Kier molecular flexibility index (Phi) is 11.6. The summed E-state index contributed by atoms with van der Waals surface area (Å²) in [7, 11) is 0. The van der Waals surface area contributed by atoms with Crippen molar-refractivity contribution in [1.82, 2.24) is 20.6 Å². The third-order valence-corrected chi connectivity index (χ3v) is 4.48. The van der Waals surface area contributed by atoms with Crippen molar-refractivity contribution in [2.24, 2.45) is 27.9 Å². The number of aliphatic imine (C=N–C) groups is 1. The van der Waals surface area contributed by atoms with Crippen LogP contribution in [0, 0.1) is 0 Å². The maximum Gasteiger partial charge on any atom is 0.326 e. The molecule has 0 bridgehead atoms. The maximum atomic E-state index is 12.7. The Bertz CT molecular complexity index is 720. The van der Waals surface area contributed by atoms with E-state index in [0.717, 1.165) is 0 Å². The van der Waals surface area contributed by atoms with Gasteiger partial charge in [-0.1, -0.05) is 0 Å². The van der Waals surface area contributed by atoms with Crippen LogP contribution in [-0.2, 0) is 20.8 Å². The lowest BCUT2D eigenvalue weighted by Crippen LogP contribution is -2.54. The van der Waals surface area contributed by atoms with Crippen molar-refractivity contribution in [2.45, 2.75) is 56.7 Å². The number of guanidine groups is 1. The zero-order chi connectivity index (χ0) is 23.2. The van der Waals surface area contributed by atoms with Gasteiger partial charge in [-0.15, -0.1) is 0 Å². The van der Waals surface area contributed by atoms with Crippen LogP contribution in [0.15, 0.2) is 17.5 Å². The number of unbranched alkanes of at least 4 members (excludes halogenated alkanes) is 1. The third-order valence-electron chi connectivity index (χ3n) is 4.48. The molecule has 0 saturated carbocycles. The number of carboxylic acids is 1. The monoisotopic (exact) mass is 439 g/mol. The Hall–Kier alpha value is -3.19. The molecular weight excluding hydrogens is 406 g/mol. The molecule has 1 aromatic rings. The number of carbonyl (C=O) groups excluding carboxylic acids is 2. The molecule has 0 aliphatic rings. The second-order valence-corrected chi connectivity index (χ2v) is 7.08. The largest absolute Gasteiger partial charge is 0.480 e. The smallest absolute Gasteiger partial charge is 0.326 e. The molecule has 0 fully saturated rings. The van der Waals surface area contributed by atoms with E-state index in [0.29, 0.717) is 50.9 Å². The number of carboxylic acid groups (broad SMARTS) is 1. The van der Waals surface area contributed by atoms with Gasteiger partial charge in [-0.05, 0) is 38.6 Å². The van der Waals surface area contributed by atoms with Crippen LogP contribution in [0.4, 0.5) is 0 Å². The topological polar surface area (TPSA) is 241 Å². The first-order chi connectivity index (χ1) is 14.7. The molecule has 3 atom stereocenters. The Morgan fingerprint density at radius 3 is 2.39 bits per heavy atom. The van der Waals surface area contributed by atoms with E-state index in [1.54, 1.807) is 0 Å². The van der Waals surface area contributed by atoms with E-state index in [9.17, 15) is 19.5 Å². The molecule has 1 heterocycles. The molecule has 2 amide bonds. The highest BCUT2D eigenvalue weighted by molar-refractivity contribution is 5.91. The van der Waals surface area contributed by atoms with Crippen LogP contribution in [0.3, 0.4) is 0 Å². The molecule has 0 radical (unpaired) electrons. The highest BCUT2D eigenvalue weighted by atomic mass is 16.4. The summed E-state index contributed by atoms with van der Waals surface area (Å²) < 4.78 is 0. The molecule has 1 aromatic heterocycles. The van der Waals surface area contributed by atoms with Crippen molar-refractivity contribution < 1.29 is 19.5 Å². The minimum atomic E-state index is -1.20. The van der Waals surface area contributed by atoms with Crippen LogP contribution in [0.5, 0.6) is 0 Å². The first kappa shape index (κ1) is 25.8. The van der Waals surface area contributed by atoms with Crippen molar-refractivity contribution >= 4 is 23.7 Å². The molecular formula is C18H33N9O4. The number of imidazole rings is 1. The number of hydrogen-bond donors (Lipinski definition) is 8. The number of rotatable bonds is 15. The summed E-state index contributed by atoms with van der Waals surface area (Å²) in [6, 6.07) is -2.99. The van der Waals surface area contributed by atoms with Gasteiger partial charge in [0.25, 0.3) is 0 Å². The van der Waals surface area contributed by atoms with Crippen molar-refractivity contribution in [2.75, 3.05) is 13.1 Å². The quantitative estimate of drug-likeness (QED) is 0.0817. The van der Waals surface area contributed by atoms with Crippen LogP contribution >= 0.6 is 0 Å². The Balaban J connectivity index is 2.71. The lowest BCUT2D eigenvalue weighted by molar-refractivity contribution is -0.142. The molecule has 1 rings (SSSR count). The Labute approximate surface area is 180 Å². The molecule has 13 heteroatoms. The van der Waals surface area contributed by atoms with Crippen LogP contribution < -0.4 is 33.6 Å². The van der Waals surface area contributed by atoms with Crippen molar-refractivity contribution in [3.8, 4) is 0 Å². The molecule has 174 valence electrons. The summed E-state index contributed by atoms with van der Waals surface area (Å²) in [6.45, 7) is 0.766. The van der Waals surface area contributed by atoms with Crippen molar-refractivity contribution in [3.63, 3.8) is 0 Å². The summed E-state index contributed by atoms with van der Waals surface area (Å²) in [5.74, 6) is -2.37. The molecule has 13 nitrogen and oxygen atoms in total. The van der Waals surface area contributed by atoms with E-state index < -0.39 is 35.9 Å². The highest BCUT2D eigenvalue weighted by Crippen LogP contribution is 2.05. The summed E-state index contributed by atoms with van der Waals surface area (Å²) in [6.07, 6.45) is 5.25. The summed E-state index contributed by atoms with van der Waals surface area (Å²) in [4.78, 5) is 47.2. The number of aromatic nitrogens is 2. The van der Waals surface area contributed by atoms with E-state index in [1.165, 1.54) is 12.5 Å². The normalized spacial score (nSPS) is 13.6. The minimum Gasteiger partial charge on any atom is -0.480 e. The molecule has 3 unspecified atom stereocenters. The highest BCUT2D eigenvalue weighted by Gasteiger charge is 2.28. The second kappa shape index (κ2) is 13.9. The molecule has 0 aliphatic carbocycles. The minimum absolute atomic E-state index is 0.0227. The molecule has 0 saturated heterocycles. The van der Waals surface area contributed by atoms with E-state index in [2.05, 4.69) is 25.6 Å². The van der Waals surface area contributed by atoms with Gasteiger partial charge in [0.1, 0.15) is 12.1 Å². The zero-order valence-electron chi connectivity index (χ0n) is 17.4. The number of hydrogen-bond acceptors (Lipinski definition) is 7. The first-order valence-electron chi connectivity index (χ1n) is 10.1. The van der Waals surface area contributed by atoms with Gasteiger partial charge in [-0.2, -0.15) is 0 Å². The first-order valence-corrected chi connectivity index (χ1v) is 10.1. The van der Waals surface area contributed by atoms with Crippen LogP contribution in [-0.4, -0.2) is 70.0 Å². The van der Waals surface area contributed by atoms with Gasteiger partial charge in [0.15, 0.2) is 5.96 Å². The third kappa shape index (κ3) is 10.4. The van der Waals surface area contributed by atoms with Crippen molar-refractivity contribution in [3.05, 3.63) is 18.2 Å². The van der Waals surface area contributed by atoms with Gasteiger partial charge in [-0.3, -0.25) is 14.6 Å². The van der Waals surface area contributed by atoms with Gasteiger partial charge in [0.2, 0.25) is 11.8 Å². The summed E-state index contributed by atoms with van der Waals surface area (Å²) >= 11 is 0. The standard InChI is InChI=1S/C18H33N9O4/c19-6-2-1-5-13(26-15(28)12(20)4-3-7-24-18(21)22)16(29)27-14(17(30)31)8-11-9-23-10-25-11/h9-10,12-14H,1-8,19-20H2,(H,23,25)(H,26,28)(H,27,29)(H,30,31)(H4,21,22,24).